The molecule has 1 N–H and O–H groups in total. The van der Waals surface area contributed by atoms with E-state index >= 15 is 0 Å². The molecule has 10 heteroatoms. The van der Waals surface area contributed by atoms with Gasteiger partial charge in [-0.15, -0.1) is 5.10 Å². The highest BCUT2D eigenvalue weighted by Crippen LogP contribution is 2.30. The van der Waals surface area contributed by atoms with Crippen LogP contribution in [0.2, 0.25) is 15.1 Å². The van der Waals surface area contributed by atoms with Gasteiger partial charge in [-0.1, -0.05) is 70.3 Å². The molecule has 7 nitrogen and oxygen atoms in total. The Hall–Kier alpha value is -3.52. The first-order chi connectivity index (χ1) is 16.4. The number of hydrogen-bond donors (Lipinski definition) is 1. The number of nitrogens with zero attached hydrogens (tertiary/aromatic N) is 4. The number of halogens is 3. The lowest BCUT2D eigenvalue weighted by atomic mass is 10.0. The van der Waals surface area contributed by atoms with Crippen LogP contribution in [-0.2, 0) is 6.54 Å². The molecule has 0 aliphatic rings. The number of fused-ring (bicyclic) bond motifs is 1. The van der Waals surface area contributed by atoms with Gasteiger partial charge in [-0.3, -0.25) is 9.59 Å². The number of nitrogens with one attached hydrogen (secondary N) is 1. The summed E-state index contributed by atoms with van der Waals surface area (Å²) < 4.78 is 1.49. The number of hydrogen-bond acceptors (Lipinski definition) is 5. The Kier molecular flexibility index (Phi) is 5.91. The Morgan fingerprint density at radius 1 is 0.941 bits per heavy atom. The van der Waals surface area contributed by atoms with Crippen LogP contribution in [0.3, 0.4) is 0 Å². The monoisotopic (exact) mass is 509 g/mol. The van der Waals surface area contributed by atoms with E-state index in [9.17, 15) is 9.59 Å². The molecular formula is C24H14Cl3N5O2. The lowest BCUT2D eigenvalue weighted by Crippen LogP contribution is -2.11. The van der Waals surface area contributed by atoms with Crippen LogP contribution < -0.4 is 5.56 Å². The molecule has 2 heterocycles. The van der Waals surface area contributed by atoms with Gasteiger partial charge in [0.2, 0.25) is 0 Å². The van der Waals surface area contributed by atoms with Gasteiger partial charge >= 0.3 is 0 Å². The summed E-state index contributed by atoms with van der Waals surface area (Å²) in [7, 11) is 0. The van der Waals surface area contributed by atoms with Gasteiger partial charge in [0.05, 0.1) is 22.2 Å². The van der Waals surface area contributed by atoms with Gasteiger partial charge in [0, 0.05) is 16.1 Å². The van der Waals surface area contributed by atoms with E-state index in [0.717, 1.165) is 5.56 Å². The third-order valence-corrected chi connectivity index (χ3v) is 6.04. The van der Waals surface area contributed by atoms with Crippen molar-refractivity contribution in [3.63, 3.8) is 0 Å². The molecule has 0 atom stereocenters. The molecule has 2 aromatic heterocycles. The highest BCUT2D eigenvalue weighted by molar-refractivity contribution is 6.41. The maximum absolute atomic E-state index is 12.9. The number of carbonyl (C=O) groups excluding carboxylic acids is 1. The molecule has 0 radical (unpaired) electrons. The van der Waals surface area contributed by atoms with Crippen LogP contribution in [0, 0.1) is 0 Å². The lowest BCUT2D eigenvalue weighted by molar-refractivity contribution is 0.103. The zero-order valence-electron chi connectivity index (χ0n) is 17.3. The molecule has 0 aliphatic heterocycles. The second-order valence-electron chi connectivity index (χ2n) is 7.47. The number of ketones is 1. The van der Waals surface area contributed by atoms with Gasteiger partial charge in [0.15, 0.2) is 16.9 Å². The second-order valence-corrected chi connectivity index (χ2v) is 8.72. The van der Waals surface area contributed by atoms with E-state index in [4.69, 9.17) is 34.8 Å². The van der Waals surface area contributed by atoms with Crippen molar-refractivity contribution in [2.24, 2.45) is 0 Å². The van der Waals surface area contributed by atoms with Crippen molar-refractivity contribution in [3.8, 4) is 11.4 Å². The quantitative estimate of drug-likeness (QED) is 0.319. The van der Waals surface area contributed by atoms with Crippen LogP contribution in [0.1, 0.15) is 21.5 Å². The molecule has 168 valence electrons. The van der Waals surface area contributed by atoms with Crippen LogP contribution in [0.25, 0.3) is 22.6 Å². The van der Waals surface area contributed by atoms with Crippen LogP contribution >= 0.6 is 34.8 Å². The Labute approximate surface area is 207 Å². The smallest absolute Gasteiger partial charge is 0.281 e. The van der Waals surface area contributed by atoms with Gasteiger partial charge in [0.1, 0.15) is 5.82 Å². The van der Waals surface area contributed by atoms with E-state index in [-0.39, 0.29) is 33.5 Å². The number of rotatable bonds is 5. The fourth-order valence-corrected chi connectivity index (χ4v) is 4.39. The minimum absolute atomic E-state index is 0.117. The third kappa shape index (κ3) is 4.21. The third-order valence-electron chi connectivity index (χ3n) is 5.19. The van der Waals surface area contributed by atoms with Crippen molar-refractivity contribution >= 4 is 51.7 Å². The molecule has 0 unspecified atom stereocenters. The topological polar surface area (TPSA) is 93.5 Å². The second kappa shape index (κ2) is 9.02. The van der Waals surface area contributed by atoms with Crippen molar-refractivity contribution in [3.05, 3.63) is 109 Å². The summed E-state index contributed by atoms with van der Waals surface area (Å²) in [4.78, 5) is 32.7. The first-order valence-electron chi connectivity index (χ1n) is 10.1. The molecule has 3 aromatic carbocycles. The number of aromatic nitrogens is 5. The van der Waals surface area contributed by atoms with Crippen molar-refractivity contribution in [2.45, 2.75) is 6.54 Å². The first-order valence-corrected chi connectivity index (χ1v) is 11.2. The largest absolute Gasteiger partial charge is 0.304 e. The van der Waals surface area contributed by atoms with Crippen molar-refractivity contribution in [2.75, 3.05) is 0 Å². The molecule has 0 saturated heterocycles. The number of benzene rings is 3. The average Bonchev–Trinajstić information content (AvgIpc) is 3.22. The van der Waals surface area contributed by atoms with E-state index in [1.807, 2.05) is 30.3 Å². The highest BCUT2D eigenvalue weighted by atomic mass is 35.5. The molecule has 0 saturated carbocycles. The molecule has 5 aromatic rings. The van der Waals surface area contributed by atoms with Gasteiger partial charge in [-0.25, -0.2) is 9.67 Å². The highest BCUT2D eigenvalue weighted by Gasteiger charge is 2.19. The Bertz CT molecular complexity index is 1570. The van der Waals surface area contributed by atoms with E-state index in [2.05, 4.69) is 20.3 Å². The normalized spacial score (nSPS) is 11.1. The van der Waals surface area contributed by atoms with E-state index in [1.165, 1.54) is 4.68 Å². The average molecular weight is 511 g/mol. The van der Waals surface area contributed by atoms with Crippen LogP contribution in [-0.4, -0.2) is 30.7 Å². The van der Waals surface area contributed by atoms with Gasteiger partial charge in [-0.2, -0.15) is 0 Å². The summed E-state index contributed by atoms with van der Waals surface area (Å²) >= 11 is 18.8. The first kappa shape index (κ1) is 22.3. The SMILES string of the molecule is O=C(c1ccc(Cl)cc1)c1c(Cl)cc(Cn2nnc3c(=O)[nH]c(-c4ccccc4)nc32)cc1Cl. The summed E-state index contributed by atoms with van der Waals surface area (Å²) in [6.45, 7) is 0.191. The summed E-state index contributed by atoms with van der Waals surface area (Å²) in [5, 5.41) is 8.95. The zero-order valence-corrected chi connectivity index (χ0v) is 19.6. The number of carbonyl (C=O) groups is 1. The molecular weight excluding hydrogens is 497 g/mol. The maximum Gasteiger partial charge on any atom is 0.281 e. The van der Waals surface area contributed by atoms with E-state index < -0.39 is 5.56 Å². The molecule has 0 spiro atoms. The summed E-state index contributed by atoms with van der Waals surface area (Å²) in [6.07, 6.45) is 0. The fourth-order valence-electron chi connectivity index (χ4n) is 3.56. The number of H-pyrrole nitrogens is 1. The molecule has 0 aliphatic carbocycles. The van der Waals surface area contributed by atoms with Crippen molar-refractivity contribution in [1.29, 1.82) is 0 Å². The van der Waals surface area contributed by atoms with E-state index in [1.54, 1.807) is 36.4 Å². The minimum Gasteiger partial charge on any atom is -0.304 e. The molecule has 0 amide bonds. The zero-order chi connectivity index (χ0) is 23.8. The summed E-state index contributed by atoms with van der Waals surface area (Å²) in [5.41, 5.74) is 2.07. The van der Waals surface area contributed by atoms with E-state index in [0.29, 0.717) is 27.6 Å². The maximum atomic E-state index is 12.9. The standard InChI is InChI=1S/C24H14Cl3N5O2/c25-16-8-6-14(7-9-16)21(33)19-17(26)10-13(11-18(19)27)12-32-23-20(30-31-32)24(34)29-22(28-23)15-4-2-1-3-5-15/h1-11H,12H2,(H,28,29,34). The van der Waals surface area contributed by atoms with Gasteiger partial charge in [-0.05, 0) is 42.0 Å². The number of aromatic amines is 1. The van der Waals surface area contributed by atoms with Crippen molar-refractivity contribution < 1.29 is 4.79 Å². The summed E-state index contributed by atoms with van der Waals surface area (Å²) in [6, 6.07) is 19.0. The Balaban J connectivity index is 1.51. The van der Waals surface area contributed by atoms with Gasteiger partial charge in [0.25, 0.3) is 5.56 Å². The van der Waals surface area contributed by atoms with Crippen LogP contribution in [0.5, 0.6) is 0 Å². The summed E-state index contributed by atoms with van der Waals surface area (Å²) in [5.74, 6) is 0.0896. The molecule has 5 rings (SSSR count). The minimum atomic E-state index is -0.393. The van der Waals surface area contributed by atoms with Crippen molar-refractivity contribution in [1.82, 2.24) is 25.0 Å². The van der Waals surface area contributed by atoms with Crippen LogP contribution in [0.4, 0.5) is 0 Å². The Morgan fingerprint density at radius 3 is 2.29 bits per heavy atom. The fraction of sp³-hybridized carbons (Fsp3) is 0.0417. The Morgan fingerprint density at radius 2 is 1.62 bits per heavy atom. The van der Waals surface area contributed by atoms with Crippen LogP contribution in [0.15, 0.2) is 71.5 Å². The molecule has 0 fully saturated rings. The predicted molar refractivity (Wildman–Crippen MR) is 132 cm³/mol. The predicted octanol–water partition coefficient (Wildman–Crippen LogP) is 5.42. The molecule has 0 bridgehead atoms. The lowest BCUT2D eigenvalue weighted by Gasteiger charge is -2.10. The molecule has 34 heavy (non-hydrogen) atoms. The van der Waals surface area contributed by atoms with Gasteiger partial charge < -0.3 is 4.98 Å².